The minimum atomic E-state index is -0.222. The van der Waals surface area contributed by atoms with Crippen LogP contribution in [0.2, 0.25) is 0 Å². The van der Waals surface area contributed by atoms with Gasteiger partial charge >= 0.3 is 0 Å². The second kappa shape index (κ2) is 7.30. The summed E-state index contributed by atoms with van der Waals surface area (Å²) < 4.78 is 0. The number of allylic oxidation sites excluding steroid dienone is 1. The molecule has 0 saturated carbocycles. The topological polar surface area (TPSA) is 37.3 Å². The maximum absolute atomic E-state index is 12.5. The van der Waals surface area contributed by atoms with Gasteiger partial charge in [0.2, 0.25) is 0 Å². The lowest BCUT2D eigenvalue weighted by molar-refractivity contribution is 0.104. The summed E-state index contributed by atoms with van der Waals surface area (Å²) in [4.78, 5) is 12.5. The first-order valence-corrected chi connectivity index (χ1v) is 8.80. The van der Waals surface area contributed by atoms with Gasteiger partial charge in [0.25, 0.3) is 0 Å². The predicted molar refractivity (Wildman–Crippen MR) is 111 cm³/mol. The molecule has 130 valence electrons. The van der Waals surface area contributed by atoms with Crippen LogP contribution in [-0.2, 0) is 0 Å². The molecule has 4 aromatic carbocycles. The molecule has 0 aliphatic heterocycles. The van der Waals surface area contributed by atoms with E-state index < -0.39 is 0 Å². The molecule has 4 rings (SSSR count). The Hall–Kier alpha value is -3.65. The normalized spacial score (nSPS) is 11.5. The van der Waals surface area contributed by atoms with E-state index in [0.29, 0.717) is 11.1 Å². The molecule has 0 fully saturated rings. The fourth-order valence-electron chi connectivity index (χ4n) is 3.10. The van der Waals surface area contributed by atoms with E-state index in [9.17, 15) is 9.90 Å². The molecule has 0 spiro atoms. The average molecular weight is 350 g/mol. The molecule has 0 atom stereocenters. The van der Waals surface area contributed by atoms with Crippen LogP contribution >= 0.6 is 0 Å². The fraction of sp³-hybridized carbons (Fsp3) is 0. The van der Waals surface area contributed by atoms with Crippen molar-refractivity contribution in [3.05, 3.63) is 114 Å². The molecule has 0 amide bonds. The first-order valence-electron chi connectivity index (χ1n) is 8.80. The lowest BCUT2D eigenvalue weighted by Crippen LogP contribution is -1.96. The molecule has 2 heteroatoms. The van der Waals surface area contributed by atoms with Crippen LogP contribution in [0.4, 0.5) is 0 Å². The molecule has 0 unspecified atom stereocenters. The minimum absolute atomic E-state index is 0.0297. The van der Waals surface area contributed by atoms with Gasteiger partial charge < -0.3 is 5.11 Å². The number of rotatable bonds is 4. The molecular weight excluding hydrogens is 332 g/mol. The maximum atomic E-state index is 12.5. The Morgan fingerprint density at radius 3 is 1.96 bits per heavy atom. The van der Waals surface area contributed by atoms with Crippen molar-refractivity contribution in [2.75, 3.05) is 0 Å². The number of hydrogen-bond donors (Lipinski definition) is 1. The lowest BCUT2D eigenvalue weighted by atomic mass is 10.0. The quantitative estimate of drug-likeness (QED) is 0.267. The monoisotopic (exact) mass is 350 g/mol. The lowest BCUT2D eigenvalue weighted by Gasteiger charge is -2.05. The van der Waals surface area contributed by atoms with Gasteiger partial charge in [0.05, 0.1) is 0 Å². The van der Waals surface area contributed by atoms with Crippen LogP contribution in [-0.4, -0.2) is 10.9 Å². The van der Waals surface area contributed by atoms with Gasteiger partial charge in [0, 0.05) is 17.2 Å². The molecule has 0 aliphatic rings. The highest BCUT2D eigenvalue weighted by Crippen LogP contribution is 2.22. The van der Waals surface area contributed by atoms with Gasteiger partial charge in [-0.25, -0.2) is 0 Å². The third kappa shape index (κ3) is 3.65. The highest BCUT2D eigenvalue weighted by atomic mass is 16.3. The third-order valence-corrected chi connectivity index (χ3v) is 4.59. The Morgan fingerprint density at radius 2 is 1.22 bits per heavy atom. The Balaban J connectivity index is 1.58. The van der Waals surface area contributed by atoms with Crippen LogP contribution in [0, 0.1) is 0 Å². The molecule has 27 heavy (non-hydrogen) atoms. The minimum Gasteiger partial charge on any atom is -0.507 e. The molecule has 4 aromatic rings. The summed E-state index contributed by atoms with van der Waals surface area (Å²) in [6.07, 6.45) is 1.28. The Labute approximate surface area is 158 Å². The number of carbonyl (C=O) groups excluding carboxylic acids is 1. The van der Waals surface area contributed by atoms with Crippen LogP contribution in [0.15, 0.2) is 103 Å². The second-order valence-corrected chi connectivity index (χ2v) is 6.40. The van der Waals surface area contributed by atoms with Crippen molar-refractivity contribution in [2.45, 2.75) is 0 Å². The number of carbonyl (C=O) groups is 1. The van der Waals surface area contributed by atoms with Gasteiger partial charge in [-0.3, -0.25) is 4.79 Å². The fourth-order valence-corrected chi connectivity index (χ4v) is 3.10. The molecular formula is C25H18O2. The third-order valence-electron chi connectivity index (χ3n) is 4.59. The van der Waals surface area contributed by atoms with Crippen molar-refractivity contribution in [3.63, 3.8) is 0 Å². The Kier molecular flexibility index (Phi) is 4.54. The van der Waals surface area contributed by atoms with Crippen molar-refractivity contribution < 1.29 is 9.90 Å². The van der Waals surface area contributed by atoms with E-state index in [-0.39, 0.29) is 11.5 Å². The smallest absolute Gasteiger partial charge is 0.189 e. The number of benzene rings is 4. The van der Waals surface area contributed by atoms with Gasteiger partial charge in [-0.05, 0) is 28.0 Å². The number of aliphatic hydroxyl groups excluding tert-OH is 1. The largest absolute Gasteiger partial charge is 0.507 e. The van der Waals surface area contributed by atoms with Crippen molar-refractivity contribution in [2.24, 2.45) is 0 Å². The van der Waals surface area contributed by atoms with Crippen molar-refractivity contribution in [1.82, 2.24) is 0 Å². The molecule has 0 radical (unpaired) electrons. The van der Waals surface area contributed by atoms with Crippen molar-refractivity contribution in [1.29, 1.82) is 0 Å². The average Bonchev–Trinajstić information content (AvgIpc) is 2.74. The van der Waals surface area contributed by atoms with Crippen molar-refractivity contribution in [3.8, 4) is 11.1 Å². The molecule has 2 nitrogen and oxygen atoms in total. The van der Waals surface area contributed by atoms with Gasteiger partial charge in [0.1, 0.15) is 5.76 Å². The van der Waals surface area contributed by atoms with Crippen LogP contribution in [0.1, 0.15) is 15.9 Å². The van der Waals surface area contributed by atoms with E-state index in [4.69, 9.17) is 0 Å². The summed E-state index contributed by atoms with van der Waals surface area (Å²) in [5.41, 5.74) is 3.32. The Bertz CT molecular complexity index is 1120. The van der Waals surface area contributed by atoms with E-state index in [2.05, 4.69) is 0 Å². The van der Waals surface area contributed by atoms with Gasteiger partial charge in [-0.15, -0.1) is 0 Å². The van der Waals surface area contributed by atoms with Crippen LogP contribution in [0.3, 0.4) is 0 Å². The highest BCUT2D eigenvalue weighted by molar-refractivity contribution is 6.08. The predicted octanol–water partition coefficient (Wildman–Crippen LogP) is 6.29. The zero-order chi connectivity index (χ0) is 18.6. The van der Waals surface area contributed by atoms with E-state index in [0.717, 1.165) is 21.9 Å². The summed E-state index contributed by atoms with van der Waals surface area (Å²) >= 11 is 0. The van der Waals surface area contributed by atoms with Gasteiger partial charge in [-0.1, -0.05) is 91.0 Å². The molecule has 0 aliphatic carbocycles. The highest BCUT2D eigenvalue weighted by Gasteiger charge is 2.07. The molecule has 0 saturated heterocycles. The first-order chi connectivity index (χ1) is 13.2. The standard InChI is InChI=1S/C25H18O2/c26-24(21-13-10-20(11-14-21)18-6-2-1-3-7-18)17-25(27)23-15-12-19-8-4-5-9-22(19)16-23/h1-17,27H/b25-17-. The number of hydrogen-bond acceptors (Lipinski definition) is 2. The summed E-state index contributed by atoms with van der Waals surface area (Å²) in [5.74, 6) is -0.252. The van der Waals surface area contributed by atoms with E-state index in [1.807, 2.05) is 84.9 Å². The summed E-state index contributed by atoms with van der Waals surface area (Å²) in [6.45, 7) is 0. The van der Waals surface area contributed by atoms with E-state index >= 15 is 0 Å². The van der Waals surface area contributed by atoms with Gasteiger partial charge in [0.15, 0.2) is 5.78 Å². The maximum Gasteiger partial charge on any atom is 0.189 e. The van der Waals surface area contributed by atoms with Crippen LogP contribution in [0.25, 0.3) is 27.7 Å². The molecule has 1 N–H and O–H groups in total. The summed E-state index contributed by atoms with van der Waals surface area (Å²) in [6, 6.07) is 31.0. The van der Waals surface area contributed by atoms with Crippen molar-refractivity contribution >= 4 is 22.3 Å². The molecule has 0 aromatic heterocycles. The number of aliphatic hydroxyl groups is 1. The number of fused-ring (bicyclic) bond motifs is 1. The molecule has 0 bridgehead atoms. The SMILES string of the molecule is O=C(/C=C(\O)c1ccc2ccccc2c1)c1ccc(-c2ccccc2)cc1. The summed E-state index contributed by atoms with van der Waals surface area (Å²) in [5, 5.41) is 12.5. The second-order valence-electron chi connectivity index (χ2n) is 6.40. The van der Waals surface area contributed by atoms with E-state index in [1.165, 1.54) is 6.08 Å². The summed E-state index contributed by atoms with van der Waals surface area (Å²) in [7, 11) is 0. The Morgan fingerprint density at radius 1 is 0.630 bits per heavy atom. The van der Waals surface area contributed by atoms with Crippen LogP contribution < -0.4 is 0 Å². The number of ketones is 1. The van der Waals surface area contributed by atoms with Gasteiger partial charge in [-0.2, -0.15) is 0 Å². The first kappa shape index (κ1) is 16.8. The zero-order valence-corrected chi connectivity index (χ0v) is 14.7. The van der Waals surface area contributed by atoms with E-state index in [1.54, 1.807) is 12.1 Å². The van der Waals surface area contributed by atoms with Crippen LogP contribution in [0.5, 0.6) is 0 Å². The molecule has 0 heterocycles. The zero-order valence-electron chi connectivity index (χ0n) is 14.7.